The second kappa shape index (κ2) is 5.51. The number of hydrogen-bond donors (Lipinski definition) is 1. The Labute approximate surface area is 114 Å². The fraction of sp³-hybridized carbons (Fsp3) is 0.364. The SMILES string of the molecule is COc1ccc([N+](=O)[O-])c(NC(C)c2nncn2C)n1. The summed E-state index contributed by atoms with van der Waals surface area (Å²) in [6.45, 7) is 1.81. The van der Waals surface area contributed by atoms with Crippen LogP contribution in [0.4, 0.5) is 11.5 Å². The Balaban J connectivity index is 2.32. The van der Waals surface area contributed by atoms with Crippen LogP contribution in [0.15, 0.2) is 18.5 Å². The van der Waals surface area contributed by atoms with Crippen LogP contribution in [0.5, 0.6) is 5.88 Å². The zero-order chi connectivity index (χ0) is 14.7. The molecule has 0 aromatic carbocycles. The van der Waals surface area contributed by atoms with E-state index in [1.165, 1.54) is 19.2 Å². The molecule has 0 aliphatic heterocycles. The molecule has 0 fully saturated rings. The third-order valence-electron chi connectivity index (χ3n) is 2.74. The maximum Gasteiger partial charge on any atom is 0.311 e. The molecule has 1 atom stereocenters. The van der Waals surface area contributed by atoms with Crippen molar-refractivity contribution in [2.24, 2.45) is 7.05 Å². The molecule has 20 heavy (non-hydrogen) atoms. The van der Waals surface area contributed by atoms with Crippen molar-refractivity contribution < 1.29 is 9.66 Å². The van der Waals surface area contributed by atoms with Crippen molar-refractivity contribution in [1.29, 1.82) is 0 Å². The van der Waals surface area contributed by atoms with Crippen molar-refractivity contribution in [3.8, 4) is 5.88 Å². The van der Waals surface area contributed by atoms with E-state index in [0.717, 1.165) is 0 Å². The third-order valence-corrected chi connectivity index (χ3v) is 2.74. The summed E-state index contributed by atoms with van der Waals surface area (Å²) in [5.74, 6) is 1.07. The highest BCUT2D eigenvalue weighted by atomic mass is 16.6. The van der Waals surface area contributed by atoms with Gasteiger partial charge in [-0.25, -0.2) is 0 Å². The summed E-state index contributed by atoms with van der Waals surface area (Å²) in [6, 6.07) is 2.49. The molecule has 9 nitrogen and oxygen atoms in total. The Hall–Kier alpha value is -2.71. The Morgan fingerprint density at radius 2 is 2.25 bits per heavy atom. The van der Waals surface area contributed by atoms with Gasteiger partial charge in [-0.15, -0.1) is 10.2 Å². The van der Waals surface area contributed by atoms with Gasteiger partial charge < -0.3 is 14.6 Å². The first-order chi connectivity index (χ1) is 9.52. The standard InChI is InChI=1S/C11H14N6O3/c1-7(11-15-12-6-16(11)2)13-10-8(17(18)19)4-5-9(14-10)20-3/h4-7H,1-3H3,(H,13,14). The normalized spacial score (nSPS) is 11.9. The van der Waals surface area contributed by atoms with E-state index < -0.39 is 4.92 Å². The van der Waals surface area contributed by atoms with Gasteiger partial charge in [0.05, 0.1) is 18.1 Å². The van der Waals surface area contributed by atoms with Crippen LogP contribution in [-0.2, 0) is 7.05 Å². The summed E-state index contributed by atoms with van der Waals surface area (Å²) in [6.07, 6.45) is 1.56. The third kappa shape index (κ3) is 2.66. The molecule has 0 amide bonds. The molecular weight excluding hydrogens is 264 g/mol. The van der Waals surface area contributed by atoms with E-state index in [9.17, 15) is 10.1 Å². The molecule has 1 unspecified atom stereocenters. The number of nitrogens with zero attached hydrogens (tertiary/aromatic N) is 5. The van der Waals surface area contributed by atoms with E-state index in [0.29, 0.717) is 11.7 Å². The summed E-state index contributed by atoms with van der Waals surface area (Å²) in [5, 5.41) is 21.7. The molecule has 106 valence electrons. The van der Waals surface area contributed by atoms with Crippen molar-refractivity contribution in [3.05, 3.63) is 34.4 Å². The molecule has 0 saturated carbocycles. The highest BCUT2D eigenvalue weighted by molar-refractivity contribution is 5.57. The van der Waals surface area contributed by atoms with Crippen molar-refractivity contribution in [2.45, 2.75) is 13.0 Å². The second-order valence-electron chi connectivity index (χ2n) is 4.14. The molecule has 2 heterocycles. The van der Waals surface area contributed by atoms with E-state index >= 15 is 0 Å². The van der Waals surface area contributed by atoms with Crippen molar-refractivity contribution in [2.75, 3.05) is 12.4 Å². The summed E-state index contributed by atoms with van der Waals surface area (Å²) >= 11 is 0. The lowest BCUT2D eigenvalue weighted by molar-refractivity contribution is -0.384. The van der Waals surface area contributed by atoms with Gasteiger partial charge in [-0.1, -0.05) is 0 Å². The highest BCUT2D eigenvalue weighted by Crippen LogP contribution is 2.27. The van der Waals surface area contributed by atoms with Gasteiger partial charge in [-0.2, -0.15) is 4.98 Å². The number of ether oxygens (including phenoxy) is 1. The molecule has 0 spiro atoms. The van der Waals surface area contributed by atoms with Gasteiger partial charge in [0.1, 0.15) is 6.33 Å². The van der Waals surface area contributed by atoms with Crippen LogP contribution in [0.2, 0.25) is 0 Å². The fourth-order valence-corrected chi connectivity index (χ4v) is 1.75. The van der Waals surface area contributed by atoms with E-state index in [1.807, 2.05) is 6.92 Å². The number of nitro groups is 1. The van der Waals surface area contributed by atoms with Crippen LogP contribution < -0.4 is 10.1 Å². The Morgan fingerprint density at radius 3 is 2.80 bits per heavy atom. The van der Waals surface area contributed by atoms with Crippen LogP contribution in [-0.4, -0.2) is 31.8 Å². The number of hydrogen-bond acceptors (Lipinski definition) is 7. The molecule has 2 aromatic rings. The second-order valence-corrected chi connectivity index (χ2v) is 4.14. The lowest BCUT2D eigenvalue weighted by Crippen LogP contribution is -2.14. The van der Waals surface area contributed by atoms with Crippen LogP contribution in [0.1, 0.15) is 18.8 Å². The number of aromatic nitrogens is 4. The maximum absolute atomic E-state index is 11.0. The largest absolute Gasteiger partial charge is 0.481 e. The minimum Gasteiger partial charge on any atom is -0.481 e. The van der Waals surface area contributed by atoms with Gasteiger partial charge in [0.2, 0.25) is 11.7 Å². The first kappa shape index (κ1) is 13.7. The van der Waals surface area contributed by atoms with Crippen molar-refractivity contribution in [1.82, 2.24) is 19.7 Å². The number of methoxy groups -OCH3 is 1. The summed E-state index contributed by atoms with van der Waals surface area (Å²) in [7, 11) is 3.24. The average molecular weight is 278 g/mol. The van der Waals surface area contributed by atoms with Gasteiger partial charge in [-0.3, -0.25) is 10.1 Å². The molecule has 0 saturated heterocycles. The van der Waals surface area contributed by atoms with Crippen LogP contribution in [0, 0.1) is 10.1 Å². The number of nitrogens with one attached hydrogen (secondary N) is 1. The zero-order valence-corrected chi connectivity index (χ0v) is 11.3. The predicted octanol–water partition coefficient (Wildman–Crippen LogP) is 1.30. The number of aryl methyl sites for hydroxylation is 1. The average Bonchev–Trinajstić information content (AvgIpc) is 2.84. The number of rotatable bonds is 5. The molecule has 9 heteroatoms. The number of pyridine rings is 1. The molecule has 0 aliphatic carbocycles. The Bertz CT molecular complexity index is 626. The van der Waals surface area contributed by atoms with Gasteiger partial charge in [0.25, 0.3) is 0 Å². The smallest absolute Gasteiger partial charge is 0.311 e. The first-order valence-electron chi connectivity index (χ1n) is 5.82. The van der Waals surface area contributed by atoms with Crippen molar-refractivity contribution in [3.63, 3.8) is 0 Å². The van der Waals surface area contributed by atoms with Crippen LogP contribution in [0.3, 0.4) is 0 Å². The lowest BCUT2D eigenvalue weighted by atomic mass is 10.3. The fourth-order valence-electron chi connectivity index (χ4n) is 1.75. The molecule has 0 bridgehead atoms. The van der Waals surface area contributed by atoms with Gasteiger partial charge in [0.15, 0.2) is 5.82 Å². The van der Waals surface area contributed by atoms with E-state index in [2.05, 4.69) is 20.5 Å². The summed E-state index contributed by atoms with van der Waals surface area (Å²) < 4.78 is 6.70. The molecule has 0 radical (unpaired) electrons. The molecule has 0 aliphatic rings. The monoisotopic (exact) mass is 278 g/mol. The first-order valence-corrected chi connectivity index (χ1v) is 5.82. The minimum absolute atomic E-state index is 0.125. The maximum atomic E-state index is 11.0. The molecular formula is C11H14N6O3. The quantitative estimate of drug-likeness (QED) is 0.648. The highest BCUT2D eigenvalue weighted by Gasteiger charge is 2.20. The Kier molecular flexibility index (Phi) is 3.78. The number of anilines is 1. The van der Waals surface area contributed by atoms with Gasteiger partial charge >= 0.3 is 5.69 Å². The van der Waals surface area contributed by atoms with Gasteiger partial charge in [-0.05, 0) is 6.92 Å². The molecule has 1 N–H and O–H groups in total. The van der Waals surface area contributed by atoms with E-state index in [-0.39, 0.29) is 17.5 Å². The van der Waals surface area contributed by atoms with E-state index in [4.69, 9.17) is 4.74 Å². The van der Waals surface area contributed by atoms with Crippen LogP contribution in [0.25, 0.3) is 0 Å². The Morgan fingerprint density at radius 1 is 1.50 bits per heavy atom. The molecule has 2 rings (SSSR count). The predicted molar refractivity (Wildman–Crippen MR) is 70.5 cm³/mol. The van der Waals surface area contributed by atoms with Gasteiger partial charge in [0, 0.05) is 19.2 Å². The minimum atomic E-state index is -0.502. The summed E-state index contributed by atoms with van der Waals surface area (Å²) in [5.41, 5.74) is -0.125. The van der Waals surface area contributed by atoms with Crippen LogP contribution >= 0.6 is 0 Å². The zero-order valence-electron chi connectivity index (χ0n) is 11.3. The summed E-state index contributed by atoms with van der Waals surface area (Å²) in [4.78, 5) is 14.6. The topological polar surface area (TPSA) is 108 Å². The molecule has 2 aromatic heterocycles. The lowest BCUT2D eigenvalue weighted by Gasteiger charge is -2.14. The van der Waals surface area contributed by atoms with E-state index in [1.54, 1.807) is 17.9 Å². The van der Waals surface area contributed by atoms with Crippen molar-refractivity contribution >= 4 is 11.5 Å².